The van der Waals surface area contributed by atoms with Crippen LogP contribution in [-0.4, -0.2) is 15.9 Å². The molecule has 0 radical (unpaired) electrons. The van der Waals surface area contributed by atoms with E-state index in [-0.39, 0.29) is 17.9 Å². The average Bonchev–Trinajstić information content (AvgIpc) is 2.77. The lowest BCUT2D eigenvalue weighted by atomic mass is 10.1. The molecule has 0 spiro atoms. The molecule has 1 amide bonds. The Kier molecular flexibility index (Phi) is 4.59. The molecule has 2 aromatic heterocycles. The number of carbonyl (C=O) groups excluding carboxylic acids is 1. The highest BCUT2D eigenvalue weighted by Gasteiger charge is 2.19. The SMILES string of the molecule is Cc1cccc(NC(=O)Cc2nc3sc4c(c3c(=O)[nH]2)CCCCC4)c1. The molecule has 5 nitrogen and oxygen atoms in total. The van der Waals surface area contributed by atoms with Crippen molar-refractivity contribution < 1.29 is 4.79 Å². The molecule has 0 bridgehead atoms. The summed E-state index contributed by atoms with van der Waals surface area (Å²) in [6, 6.07) is 7.63. The van der Waals surface area contributed by atoms with Gasteiger partial charge in [0, 0.05) is 10.6 Å². The van der Waals surface area contributed by atoms with Gasteiger partial charge in [0.05, 0.1) is 11.8 Å². The summed E-state index contributed by atoms with van der Waals surface area (Å²) in [5, 5.41) is 3.59. The molecule has 4 rings (SSSR count). The average molecular weight is 367 g/mol. The number of aromatic nitrogens is 2. The van der Waals surface area contributed by atoms with Crippen LogP contribution in [-0.2, 0) is 24.1 Å². The minimum atomic E-state index is -0.184. The van der Waals surface area contributed by atoms with Gasteiger partial charge in [0.2, 0.25) is 5.91 Å². The van der Waals surface area contributed by atoms with Gasteiger partial charge in [-0.15, -0.1) is 11.3 Å². The number of fused-ring (bicyclic) bond motifs is 3. The van der Waals surface area contributed by atoms with Crippen LogP contribution < -0.4 is 10.9 Å². The zero-order valence-corrected chi connectivity index (χ0v) is 15.5. The number of hydrogen-bond donors (Lipinski definition) is 2. The number of aromatic amines is 1. The lowest BCUT2D eigenvalue weighted by Crippen LogP contribution is -2.19. The lowest BCUT2D eigenvalue weighted by molar-refractivity contribution is -0.115. The van der Waals surface area contributed by atoms with Crippen molar-refractivity contribution in [2.75, 3.05) is 5.32 Å². The van der Waals surface area contributed by atoms with Crippen molar-refractivity contribution in [1.82, 2.24) is 9.97 Å². The van der Waals surface area contributed by atoms with Crippen molar-refractivity contribution >= 4 is 33.1 Å². The Morgan fingerprint density at radius 1 is 1.27 bits per heavy atom. The van der Waals surface area contributed by atoms with Crippen molar-refractivity contribution in [2.45, 2.75) is 45.4 Å². The van der Waals surface area contributed by atoms with E-state index >= 15 is 0 Å². The van der Waals surface area contributed by atoms with Gasteiger partial charge >= 0.3 is 0 Å². The van der Waals surface area contributed by atoms with Gasteiger partial charge in [0.1, 0.15) is 10.7 Å². The van der Waals surface area contributed by atoms with E-state index in [9.17, 15) is 9.59 Å². The second kappa shape index (κ2) is 7.03. The summed E-state index contributed by atoms with van der Waals surface area (Å²) in [6.45, 7) is 1.98. The van der Waals surface area contributed by atoms with Crippen LogP contribution in [0.15, 0.2) is 29.1 Å². The number of benzene rings is 1. The number of hydrogen-bond acceptors (Lipinski definition) is 4. The van der Waals surface area contributed by atoms with Crippen molar-refractivity contribution in [3.05, 3.63) is 56.4 Å². The maximum atomic E-state index is 12.6. The Morgan fingerprint density at radius 3 is 2.96 bits per heavy atom. The number of H-pyrrole nitrogens is 1. The maximum absolute atomic E-state index is 12.6. The Hall–Kier alpha value is -2.47. The molecular formula is C20H21N3O2S. The predicted octanol–water partition coefficient (Wildman–Crippen LogP) is 3.74. The number of thiophene rings is 1. The third kappa shape index (κ3) is 3.42. The van der Waals surface area contributed by atoms with E-state index in [1.165, 1.54) is 23.3 Å². The predicted molar refractivity (Wildman–Crippen MR) is 105 cm³/mol. The minimum absolute atomic E-state index is 0.0572. The Bertz CT molecular complexity index is 1040. The van der Waals surface area contributed by atoms with Crippen LogP contribution in [0.5, 0.6) is 0 Å². The second-order valence-electron chi connectivity index (χ2n) is 6.85. The minimum Gasteiger partial charge on any atom is -0.326 e. The van der Waals surface area contributed by atoms with Crippen LogP contribution >= 0.6 is 11.3 Å². The zero-order valence-electron chi connectivity index (χ0n) is 14.7. The van der Waals surface area contributed by atoms with Gasteiger partial charge in [0.25, 0.3) is 5.56 Å². The van der Waals surface area contributed by atoms with Gasteiger partial charge in [-0.1, -0.05) is 18.6 Å². The molecule has 2 heterocycles. The molecule has 0 atom stereocenters. The van der Waals surface area contributed by atoms with Crippen molar-refractivity contribution in [3.63, 3.8) is 0 Å². The highest BCUT2D eigenvalue weighted by Crippen LogP contribution is 2.32. The van der Waals surface area contributed by atoms with Crippen LogP contribution in [0.3, 0.4) is 0 Å². The van der Waals surface area contributed by atoms with E-state index < -0.39 is 0 Å². The smallest absolute Gasteiger partial charge is 0.259 e. The fraction of sp³-hybridized carbons (Fsp3) is 0.350. The van der Waals surface area contributed by atoms with Gasteiger partial charge < -0.3 is 10.3 Å². The molecule has 6 heteroatoms. The molecule has 134 valence electrons. The lowest BCUT2D eigenvalue weighted by Gasteiger charge is -2.06. The molecule has 1 aliphatic carbocycles. The van der Waals surface area contributed by atoms with Crippen LogP contribution in [0.4, 0.5) is 5.69 Å². The summed E-state index contributed by atoms with van der Waals surface area (Å²) in [7, 11) is 0. The van der Waals surface area contributed by atoms with E-state index in [0.717, 1.165) is 40.7 Å². The van der Waals surface area contributed by atoms with Gasteiger partial charge in [-0.3, -0.25) is 9.59 Å². The molecule has 0 aliphatic heterocycles. The quantitative estimate of drug-likeness (QED) is 0.693. The van der Waals surface area contributed by atoms with Gasteiger partial charge in [-0.2, -0.15) is 0 Å². The number of aryl methyl sites for hydroxylation is 3. The third-order valence-corrected chi connectivity index (χ3v) is 5.94. The zero-order chi connectivity index (χ0) is 18.1. The number of nitrogens with one attached hydrogen (secondary N) is 2. The van der Waals surface area contributed by atoms with Crippen molar-refractivity contribution in [3.8, 4) is 0 Å². The third-order valence-electron chi connectivity index (χ3n) is 4.75. The number of nitrogens with zero attached hydrogens (tertiary/aromatic N) is 1. The standard InChI is InChI=1S/C20H21N3O2S/c1-12-6-5-7-13(10-12)21-17(24)11-16-22-19(25)18-14-8-3-2-4-9-15(14)26-20(18)23-16/h5-7,10H,2-4,8-9,11H2,1H3,(H,21,24)(H,22,23,25). The largest absolute Gasteiger partial charge is 0.326 e. The van der Waals surface area contributed by atoms with E-state index in [4.69, 9.17) is 0 Å². The van der Waals surface area contributed by atoms with Gasteiger partial charge in [-0.25, -0.2) is 4.98 Å². The second-order valence-corrected chi connectivity index (χ2v) is 7.94. The summed E-state index contributed by atoms with van der Waals surface area (Å²) in [5.41, 5.74) is 2.89. The molecule has 1 aromatic carbocycles. The first-order valence-corrected chi connectivity index (χ1v) is 9.82. The Labute approximate surface area is 155 Å². The molecule has 0 saturated carbocycles. The monoisotopic (exact) mass is 367 g/mol. The summed E-state index contributed by atoms with van der Waals surface area (Å²) in [5.74, 6) is 0.236. The summed E-state index contributed by atoms with van der Waals surface area (Å²) in [6.07, 6.45) is 5.54. The molecule has 1 aliphatic rings. The van der Waals surface area contributed by atoms with Gasteiger partial charge in [0.15, 0.2) is 0 Å². The normalized spacial score (nSPS) is 14.0. The first-order valence-electron chi connectivity index (χ1n) is 9.00. The molecular weight excluding hydrogens is 346 g/mol. The Balaban J connectivity index is 1.59. The molecule has 0 unspecified atom stereocenters. The fourth-order valence-corrected chi connectivity index (χ4v) is 4.83. The summed E-state index contributed by atoms with van der Waals surface area (Å²) in [4.78, 5) is 34.4. The van der Waals surface area contributed by atoms with E-state index in [2.05, 4.69) is 15.3 Å². The van der Waals surface area contributed by atoms with E-state index in [0.29, 0.717) is 5.82 Å². The van der Waals surface area contributed by atoms with Crippen molar-refractivity contribution in [2.24, 2.45) is 0 Å². The van der Waals surface area contributed by atoms with Crippen molar-refractivity contribution in [1.29, 1.82) is 0 Å². The van der Waals surface area contributed by atoms with Crippen LogP contribution in [0.2, 0.25) is 0 Å². The first-order chi connectivity index (χ1) is 12.6. The number of rotatable bonds is 3. The van der Waals surface area contributed by atoms with Crippen LogP contribution in [0.1, 0.15) is 41.1 Å². The number of carbonyl (C=O) groups is 1. The summed E-state index contributed by atoms with van der Waals surface area (Å²) >= 11 is 1.61. The molecule has 2 N–H and O–H groups in total. The Morgan fingerprint density at radius 2 is 2.12 bits per heavy atom. The number of amides is 1. The van der Waals surface area contributed by atoms with Gasteiger partial charge in [-0.05, 0) is 55.9 Å². The highest BCUT2D eigenvalue weighted by molar-refractivity contribution is 7.18. The van der Waals surface area contributed by atoms with Crippen LogP contribution in [0.25, 0.3) is 10.2 Å². The van der Waals surface area contributed by atoms with E-state index in [1.807, 2.05) is 31.2 Å². The maximum Gasteiger partial charge on any atom is 0.259 e. The molecule has 26 heavy (non-hydrogen) atoms. The number of anilines is 1. The fourth-order valence-electron chi connectivity index (χ4n) is 3.55. The first kappa shape index (κ1) is 17.0. The summed E-state index contributed by atoms with van der Waals surface area (Å²) < 4.78 is 0. The highest BCUT2D eigenvalue weighted by atomic mass is 32.1. The molecule has 0 saturated heterocycles. The molecule has 3 aromatic rings. The topological polar surface area (TPSA) is 74.8 Å². The van der Waals surface area contributed by atoms with Crippen LogP contribution in [0, 0.1) is 6.92 Å². The molecule has 0 fully saturated rings. The van der Waals surface area contributed by atoms with E-state index in [1.54, 1.807) is 11.3 Å².